The number of carbonyl (C=O) groups excluding carboxylic acids is 1. The van der Waals surface area contributed by atoms with Crippen LogP contribution in [0.3, 0.4) is 0 Å². The van der Waals surface area contributed by atoms with Gasteiger partial charge in [0.1, 0.15) is 5.78 Å². The Hall–Kier alpha value is -1.11. The number of benzene rings is 1. The van der Waals surface area contributed by atoms with Crippen molar-refractivity contribution >= 4 is 5.78 Å². The van der Waals surface area contributed by atoms with E-state index in [4.69, 9.17) is 0 Å². The summed E-state index contributed by atoms with van der Waals surface area (Å²) >= 11 is 0. The summed E-state index contributed by atoms with van der Waals surface area (Å²) in [4.78, 5) is 12.3. The second-order valence-corrected chi connectivity index (χ2v) is 5.18. The SMILES string of the molecule is CCCC1(CC)C(=O)CCC1c1ccccc1. The van der Waals surface area contributed by atoms with Crippen molar-refractivity contribution in [1.29, 1.82) is 0 Å². The standard InChI is InChI=1S/C16H22O/c1-3-12-16(4-2)14(10-11-15(16)17)13-8-6-5-7-9-13/h5-9,14H,3-4,10-12H2,1-2H3. The Balaban J connectivity index is 2.36. The molecular formula is C16H22O. The molecule has 0 bridgehead atoms. The quantitative estimate of drug-likeness (QED) is 0.752. The van der Waals surface area contributed by atoms with E-state index >= 15 is 0 Å². The zero-order chi connectivity index (χ0) is 12.3. The maximum atomic E-state index is 12.3. The first kappa shape index (κ1) is 12.3. The first-order valence-electron chi connectivity index (χ1n) is 6.83. The Morgan fingerprint density at radius 1 is 1.24 bits per heavy atom. The molecule has 0 radical (unpaired) electrons. The highest BCUT2D eigenvalue weighted by atomic mass is 16.1. The number of Topliss-reactive ketones (excluding diaryl/α,β-unsaturated/α-hetero) is 1. The molecule has 2 atom stereocenters. The molecule has 2 rings (SSSR count). The maximum absolute atomic E-state index is 12.3. The first-order valence-corrected chi connectivity index (χ1v) is 6.83. The van der Waals surface area contributed by atoms with Crippen molar-refractivity contribution in [2.24, 2.45) is 5.41 Å². The lowest BCUT2D eigenvalue weighted by atomic mass is 9.69. The van der Waals surface area contributed by atoms with E-state index in [1.54, 1.807) is 0 Å². The lowest BCUT2D eigenvalue weighted by Gasteiger charge is -2.33. The van der Waals surface area contributed by atoms with Crippen molar-refractivity contribution in [3.8, 4) is 0 Å². The van der Waals surface area contributed by atoms with Gasteiger partial charge in [0.25, 0.3) is 0 Å². The molecule has 0 aliphatic heterocycles. The highest BCUT2D eigenvalue weighted by Crippen LogP contribution is 2.51. The van der Waals surface area contributed by atoms with Gasteiger partial charge in [-0.1, -0.05) is 50.6 Å². The Bertz CT molecular complexity index is 382. The number of hydrogen-bond donors (Lipinski definition) is 0. The Kier molecular flexibility index (Phi) is 3.66. The van der Waals surface area contributed by atoms with Crippen LogP contribution in [0.15, 0.2) is 30.3 Å². The fourth-order valence-corrected chi connectivity index (χ4v) is 3.55. The highest BCUT2D eigenvalue weighted by Gasteiger charge is 2.47. The third-order valence-corrected chi connectivity index (χ3v) is 4.41. The van der Waals surface area contributed by atoms with Crippen LogP contribution in [0.5, 0.6) is 0 Å². The molecule has 0 spiro atoms. The molecule has 0 amide bonds. The molecule has 1 heteroatoms. The van der Waals surface area contributed by atoms with Gasteiger partial charge in [0.2, 0.25) is 0 Å². The van der Waals surface area contributed by atoms with Crippen LogP contribution < -0.4 is 0 Å². The predicted molar refractivity (Wildman–Crippen MR) is 71.1 cm³/mol. The van der Waals surface area contributed by atoms with Crippen molar-refractivity contribution in [3.63, 3.8) is 0 Å². The molecule has 1 nitrogen and oxygen atoms in total. The molecule has 0 aromatic heterocycles. The topological polar surface area (TPSA) is 17.1 Å². The van der Waals surface area contributed by atoms with Crippen LogP contribution in [-0.4, -0.2) is 5.78 Å². The molecule has 0 saturated heterocycles. The summed E-state index contributed by atoms with van der Waals surface area (Å²) in [5.74, 6) is 0.942. The van der Waals surface area contributed by atoms with Crippen LogP contribution in [0.1, 0.15) is 57.4 Å². The summed E-state index contributed by atoms with van der Waals surface area (Å²) in [7, 11) is 0. The van der Waals surface area contributed by atoms with Crippen molar-refractivity contribution in [3.05, 3.63) is 35.9 Å². The van der Waals surface area contributed by atoms with Gasteiger partial charge in [0, 0.05) is 11.8 Å². The van der Waals surface area contributed by atoms with Crippen LogP contribution in [0.25, 0.3) is 0 Å². The summed E-state index contributed by atoms with van der Waals surface area (Å²) in [5, 5.41) is 0. The van der Waals surface area contributed by atoms with Gasteiger partial charge in [-0.05, 0) is 30.7 Å². The largest absolute Gasteiger partial charge is 0.299 e. The number of ketones is 1. The lowest BCUT2D eigenvalue weighted by Crippen LogP contribution is -2.30. The van der Waals surface area contributed by atoms with E-state index in [9.17, 15) is 4.79 Å². The van der Waals surface area contributed by atoms with E-state index in [0.717, 1.165) is 32.1 Å². The lowest BCUT2D eigenvalue weighted by molar-refractivity contribution is -0.126. The first-order chi connectivity index (χ1) is 8.24. The zero-order valence-corrected chi connectivity index (χ0v) is 10.9. The minimum atomic E-state index is -0.0733. The Morgan fingerprint density at radius 3 is 2.53 bits per heavy atom. The molecule has 1 fully saturated rings. The van der Waals surface area contributed by atoms with E-state index < -0.39 is 0 Å². The molecule has 1 aromatic carbocycles. The van der Waals surface area contributed by atoms with Crippen LogP contribution in [0.2, 0.25) is 0 Å². The minimum Gasteiger partial charge on any atom is -0.299 e. The molecule has 92 valence electrons. The monoisotopic (exact) mass is 230 g/mol. The molecule has 1 aromatic rings. The fourth-order valence-electron chi connectivity index (χ4n) is 3.55. The molecular weight excluding hydrogens is 208 g/mol. The van der Waals surface area contributed by atoms with Gasteiger partial charge in [-0.25, -0.2) is 0 Å². The van der Waals surface area contributed by atoms with Crippen molar-refractivity contribution in [1.82, 2.24) is 0 Å². The summed E-state index contributed by atoms with van der Waals surface area (Å²) in [6.45, 7) is 4.36. The molecule has 17 heavy (non-hydrogen) atoms. The summed E-state index contributed by atoms with van der Waals surface area (Å²) in [6, 6.07) is 10.6. The van der Waals surface area contributed by atoms with Crippen LogP contribution in [0, 0.1) is 5.41 Å². The normalized spacial score (nSPS) is 28.6. The van der Waals surface area contributed by atoms with Gasteiger partial charge < -0.3 is 0 Å². The van der Waals surface area contributed by atoms with E-state index in [1.807, 2.05) is 6.07 Å². The van der Waals surface area contributed by atoms with Gasteiger partial charge >= 0.3 is 0 Å². The summed E-state index contributed by atoms with van der Waals surface area (Å²) in [6.07, 6.45) is 4.94. The van der Waals surface area contributed by atoms with Crippen molar-refractivity contribution in [2.75, 3.05) is 0 Å². The second kappa shape index (κ2) is 5.03. The van der Waals surface area contributed by atoms with Gasteiger partial charge in [0.15, 0.2) is 0 Å². The average Bonchev–Trinajstić information content (AvgIpc) is 2.69. The van der Waals surface area contributed by atoms with E-state index in [-0.39, 0.29) is 5.41 Å². The second-order valence-electron chi connectivity index (χ2n) is 5.18. The van der Waals surface area contributed by atoms with E-state index in [2.05, 4.69) is 38.1 Å². The molecule has 1 aliphatic rings. The van der Waals surface area contributed by atoms with Crippen molar-refractivity contribution in [2.45, 2.75) is 51.9 Å². The van der Waals surface area contributed by atoms with Gasteiger partial charge in [0.05, 0.1) is 0 Å². The molecule has 0 N–H and O–H groups in total. The zero-order valence-electron chi connectivity index (χ0n) is 10.9. The van der Waals surface area contributed by atoms with E-state index in [0.29, 0.717) is 11.7 Å². The highest BCUT2D eigenvalue weighted by molar-refractivity contribution is 5.88. The number of carbonyl (C=O) groups is 1. The Morgan fingerprint density at radius 2 is 1.94 bits per heavy atom. The minimum absolute atomic E-state index is 0.0733. The summed E-state index contributed by atoms with van der Waals surface area (Å²) < 4.78 is 0. The van der Waals surface area contributed by atoms with Gasteiger partial charge in [-0.3, -0.25) is 4.79 Å². The van der Waals surface area contributed by atoms with Gasteiger partial charge in [-0.15, -0.1) is 0 Å². The average molecular weight is 230 g/mol. The van der Waals surface area contributed by atoms with E-state index in [1.165, 1.54) is 5.56 Å². The third kappa shape index (κ3) is 2.03. The Labute approximate surface area is 104 Å². The number of rotatable bonds is 4. The van der Waals surface area contributed by atoms with Crippen molar-refractivity contribution < 1.29 is 4.79 Å². The van der Waals surface area contributed by atoms with Crippen LogP contribution in [0.4, 0.5) is 0 Å². The summed E-state index contributed by atoms with van der Waals surface area (Å²) in [5.41, 5.74) is 1.28. The smallest absolute Gasteiger partial charge is 0.139 e. The molecule has 2 unspecified atom stereocenters. The van der Waals surface area contributed by atoms with Crippen LogP contribution >= 0.6 is 0 Å². The number of hydrogen-bond acceptors (Lipinski definition) is 1. The third-order valence-electron chi connectivity index (χ3n) is 4.41. The van der Waals surface area contributed by atoms with Gasteiger partial charge in [-0.2, -0.15) is 0 Å². The molecule has 1 saturated carbocycles. The predicted octanol–water partition coefficient (Wildman–Crippen LogP) is 4.33. The fraction of sp³-hybridized carbons (Fsp3) is 0.562. The molecule has 0 heterocycles. The maximum Gasteiger partial charge on any atom is 0.139 e. The molecule has 1 aliphatic carbocycles. The van der Waals surface area contributed by atoms with Crippen LogP contribution in [-0.2, 0) is 4.79 Å².